The SMILES string of the molecule is O=S(=O)(F)c1occc1-c1cccnc1. The third-order valence-electron chi connectivity index (χ3n) is 1.82. The number of aromatic nitrogens is 1. The molecular weight excluding hydrogens is 221 g/mol. The Labute approximate surface area is 85.6 Å². The van der Waals surface area contributed by atoms with E-state index in [0.29, 0.717) is 5.56 Å². The molecule has 2 aromatic rings. The number of halogens is 1. The molecule has 0 aromatic carbocycles. The van der Waals surface area contributed by atoms with E-state index in [1.54, 1.807) is 12.1 Å². The molecule has 4 nitrogen and oxygen atoms in total. The van der Waals surface area contributed by atoms with Gasteiger partial charge in [-0.1, -0.05) is 9.95 Å². The highest BCUT2D eigenvalue weighted by atomic mass is 32.3. The minimum Gasteiger partial charge on any atom is -0.450 e. The molecule has 6 heteroatoms. The van der Waals surface area contributed by atoms with Crippen LogP contribution in [0.4, 0.5) is 3.89 Å². The van der Waals surface area contributed by atoms with Crippen molar-refractivity contribution in [3.63, 3.8) is 0 Å². The normalized spacial score (nSPS) is 11.5. The van der Waals surface area contributed by atoms with Crippen LogP contribution < -0.4 is 0 Å². The van der Waals surface area contributed by atoms with Gasteiger partial charge in [-0.15, -0.1) is 0 Å². The fourth-order valence-corrected chi connectivity index (χ4v) is 1.84. The molecule has 0 aliphatic carbocycles. The highest BCUT2D eigenvalue weighted by Gasteiger charge is 2.22. The Balaban J connectivity index is 2.61. The topological polar surface area (TPSA) is 60.2 Å². The average Bonchev–Trinajstić information content (AvgIpc) is 2.67. The highest BCUT2D eigenvalue weighted by molar-refractivity contribution is 7.86. The summed E-state index contributed by atoms with van der Waals surface area (Å²) in [6, 6.07) is 4.62. The van der Waals surface area contributed by atoms with Gasteiger partial charge in [0.1, 0.15) is 0 Å². The van der Waals surface area contributed by atoms with Crippen LogP contribution in [0.2, 0.25) is 0 Å². The van der Waals surface area contributed by atoms with E-state index in [1.165, 1.54) is 18.5 Å². The molecule has 0 aliphatic rings. The maximum atomic E-state index is 12.8. The lowest BCUT2D eigenvalue weighted by atomic mass is 10.2. The van der Waals surface area contributed by atoms with Crippen molar-refractivity contribution in [2.45, 2.75) is 5.09 Å². The molecule has 15 heavy (non-hydrogen) atoms. The molecule has 0 bridgehead atoms. The predicted octanol–water partition coefficient (Wildman–Crippen LogP) is 2.00. The largest absolute Gasteiger partial charge is 0.450 e. The Morgan fingerprint density at radius 3 is 2.73 bits per heavy atom. The maximum absolute atomic E-state index is 12.8. The first kappa shape index (κ1) is 9.85. The van der Waals surface area contributed by atoms with Gasteiger partial charge in [0.25, 0.3) is 5.09 Å². The van der Waals surface area contributed by atoms with Crippen LogP contribution in [0.15, 0.2) is 46.4 Å². The number of rotatable bonds is 2. The van der Waals surface area contributed by atoms with Gasteiger partial charge in [0.05, 0.1) is 6.26 Å². The standard InChI is InChI=1S/C9H6FNO3S/c10-15(12,13)9-8(3-5-14-9)7-2-1-4-11-6-7/h1-6H. The Hall–Kier alpha value is -1.69. The third kappa shape index (κ3) is 1.89. The van der Waals surface area contributed by atoms with Gasteiger partial charge in [0.15, 0.2) is 0 Å². The second kappa shape index (κ2) is 3.47. The van der Waals surface area contributed by atoms with Gasteiger partial charge in [-0.2, -0.15) is 8.42 Å². The van der Waals surface area contributed by atoms with Gasteiger partial charge < -0.3 is 4.42 Å². The molecule has 2 rings (SSSR count). The molecule has 0 aliphatic heterocycles. The van der Waals surface area contributed by atoms with E-state index in [1.807, 2.05) is 0 Å². The van der Waals surface area contributed by atoms with Crippen LogP contribution in [0, 0.1) is 0 Å². The van der Waals surface area contributed by atoms with E-state index >= 15 is 0 Å². The minimum absolute atomic E-state index is 0.172. The summed E-state index contributed by atoms with van der Waals surface area (Å²) in [4.78, 5) is 3.80. The van der Waals surface area contributed by atoms with Crippen molar-refractivity contribution in [2.24, 2.45) is 0 Å². The van der Waals surface area contributed by atoms with Gasteiger partial charge in [-0.25, -0.2) is 0 Å². The van der Waals surface area contributed by atoms with Crippen LogP contribution in [0.3, 0.4) is 0 Å². The van der Waals surface area contributed by atoms with Crippen molar-refractivity contribution in [3.05, 3.63) is 36.9 Å². The van der Waals surface area contributed by atoms with Crippen molar-refractivity contribution in [1.82, 2.24) is 4.98 Å². The molecular formula is C9H6FNO3S. The van der Waals surface area contributed by atoms with Crippen LogP contribution in [0.25, 0.3) is 11.1 Å². The summed E-state index contributed by atoms with van der Waals surface area (Å²) in [7, 11) is -4.83. The molecule has 0 amide bonds. The predicted molar refractivity (Wildman–Crippen MR) is 50.2 cm³/mol. The van der Waals surface area contributed by atoms with Crippen molar-refractivity contribution in [1.29, 1.82) is 0 Å². The van der Waals surface area contributed by atoms with Gasteiger partial charge in [0, 0.05) is 23.5 Å². The van der Waals surface area contributed by atoms with Crippen molar-refractivity contribution in [3.8, 4) is 11.1 Å². The van der Waals surface area contributed by atoms with Crippen molar-refractivity contribution in [2.75, 3.05) is 0 Å². The molecule has 0 N–H and O–H groups in total. The zero-order chi connectivity index (χ0) is 10.9. The summed E-state index contributed by atoms with van der Waals surface area (Å²) in [6.45, 7) is 0. The maximum Gasteiger partial charge on any atom is 0.366 e. The first-order valence-corrected chi connectivity index (χ1v) is 5.40. The van der Waals surface area contributed by atoms with Gasteiger partial charge in [-0.05, 0) is 12.1 Å². The quantitative estimate of drug-likeness (QED) is 0.736. The van der Waals surface area contributed by atoms with E-state index in [-0.39, 0.29) is 5.56 Å². The Kier molecular flexibility index (Phi) is 2.28. The fraction of sp³-hybridized carbons (Fsp3) is 0. The molecule has 2 aromatic heterocycles. The Morgan fingerprint density at radius 2 is 2.13 bits per heavy atom. The summed E-state index contributed by atoms with van der Waals surface area (Å²) in [5.74, 6) is 0. The van der Waals surface area contributed by atoms with E-state index in [0.717, 1.165) is 6.26 Å². The second-order valence-corrected chi connectivity index (χ2v) is 4.05. The molecule has 0 spiro atoms. The summed E-state index contributed by atoms with van der Waals surface area (Å²) in [5.41, 5.74) is 0.660. The minimum atomic E-state index is -4.83. The molecule has 0 saturated carbocycles. The van der Waals surface area contributed by atoms with Crippen LogP contribution in [-0.4, -0.2) is 13.4 Å². The van der Waals surface area contributed by atoms with Gasteiger partial charge >= 0.3 is 10.2 Å². The van der Waals surface area contributed by atoms with E-state index in [4.69, 9.17) is 0 Å². The Morgan fingerprint density at radius 1 is 1.33 bits per heavy atom. The number of pyridine rings is 1. The van der Waals surface area contributed by atoms with Gasteiger partial charge in [0.2, 0.25) is 0 Å². The average molecular weight is 227 g/mol. The number of furan rings is 1. The highest BCUT2D eigenvalue weighted by Crippen LogP contribution is 2.28. The fourth-order valence-electron chi connectivity index (χ4n) is 1.22. The van der Waals surface area contributed by atoms with Gasteiger partial charge in [-0.3, -0.25) is 4.98 Å². The first-order chi connectivity index (χ1) is 7.09. The molecule has 2 heterocycles. The molecule has 0 atom stereocenters. The van der Waals surface area contributed by atoms with Crippen molar-refractivity contribution < 1.29 is 16.7 Å². The lowest BCUT2D eigenvalue weighted by Gasteiger charge is -1.97. The van der Waals surface area contributed by atoms with Crippen LogP contribution >= 0.6 is 0 Å². The lowest BCUT2D eigenvalue weighted by molar-refractivity contribution is 0.436. The van der Waals surface area contributed by atoms with Crippen molar-refractivity contribution >= 4 is 10.2 Å². The number of nitrogens with zero attached hydrogens (tertiary/aromatic N) is 1. The zero-order valence-corrected chi connectivity index (χ0v) is 8.24. The second-order valence-electron chi connectivity index (χ2n) is 2.80. The van der Waals surface area contributed by atoms with Crippen LogP contribution in [-0.2, 0) is 10.2 Å². The van der Waals surface area contributed by atoms with E-state index in [9.17, 15) is 12.3 Å². The summed E-state index contributed by atoms with van der Waals surface area (Å²) in [6.07, 6.45) is 4.08. The summed E-state index contributed by atoms with van der Waals surface area (Å²) < 4.78 is 38.8. The Bertz CT molecular complexity index is 562. The molecule has 78 valence electrons. The zero-order valence-electron chi connectivity index (χ0n) is 7.42. The monoisotopic (exact) mass is 227 g/mol. The number of hydrogen-bond donors (Lipinski definition) is 0. The number of hydrogen-bond acceptors (Lipinski definition) is 4. The molecule has 0 radical (unpaired) electrons. The van der Waals surface area contributed by atoms with E-state index < -0.39 is 15.3 Å². The van der Waals surface area contributed by atoms with Crippen LogP contribution in [0.1, 0.15) is 0 Å². The summed E-state index contributed by atoms with van der Waals surface area (Å²) >= 11 is 0. The third-order valence-corrected chi connectivity index (χ3v) is 2.58. The van der Waals surface area contributed by atoms with E-state index in [2.05, 4.69) is 9.40 Å². The molecule has 0 saturated heterocycles. The lowest BCUT2D eigenvalue weighted by Crippen LogP contribution is -1.92. The molecule has 0 fully saturated rings. The van der Waals surface area contributed by atoms with Crippen LogP contribution in [0.5, 0.6) is 0 Å². The smallest absolute Gasteiger partial charge is 0.366 e. The summed E-state index contributed by atoms with van der Waals surface area (Å²) in [5, 5.41) is -0.685. The first-order valence-electron chi connectivity index (χ1n) is 4.01. The molecule has 0 unspecified atom stereocenters.